The molecule has 0 unspecified atom stereocenters. The van der Waals surface area contributed by atoms with E-state index in [2.05, 4.69) is 20.3 Å². The van der Waals surface area contributed by atoms with E-state index in [1.165, 1.54) is 6.33 Å². The standard InChI is InChI=1S/C17H15N5O3/c1-11-6-7-13(9-12(11)2)25-17-15(22(23)24)16(19-10-20-17)21-14-5-3-4-8-18-14/h3-10H,1-2H3,(H,18,19,20,21). The molecule has 2 aromatic heterocycles. The van der Waals surface area contributed by atoms with Gasteiger partial charge >= 0.3 is 11.6 Å². The SMILES string of the molecule is Cc1ccc(Oc2ncnc(Nc3ccccn3)c2[N+](=O)[O-])cc1C. The van der Waals surface area contributed by atoms with Gasteiger partial charge in [0.1, 0.15) is 17.9 Å². The third kappa shape index (κ3) is 3.69. The number of aryl methyl sites for hydroxylation is 2. The summed E-state index contributed by atoms with van der Waals surface area (Å²) in [5.74, 6) is 0.773. The van der Waals surface area contributed by atoms with Crippen molar-refractivity contribution in [1.82, 2.24) is 15.0 Å². The molecule has 0 saturated heterocycles. The number of hydrogen-bond donors (Lipinski definition) is 1. The minimum atomic E-state index is -0.582. The third-order valence-corrected chi connectivity index (χ3v) is 3.58. The van der Waals surface area contributed by atoms with Gasteiger partial charge in [0.2, 0.25) is 5.82 Å². The number of ether oxygens (including phenoxy) is 1. The lowest BCUT2D eigenvalue weighted by molar-refractivity contribution is -0.385. The van der Waals surface area contributed by atoms with Crippen LogP contribution in [0.3, 0.4) is 0 Å². The van der Waals surface area contributed by atoms with E-state index in [0.29, 0.717) is 11.6 Å². The Morgan fingerprint density at radius 3 is 2.60 bits per heavy atom. The second-order valence-electron chi connectivity index (χ2n) is 5.32. The normalized spacial score (nSPS) is 10.3. The van der Waals surface area contributed by atoms with E-state index < -0.39 is 4.92 Å². The first-order chi connectivity index (χ1) is 12.0. The summed E-state index contributed by atoms with van der Waals surface area (Å²) in [6.45, 7) is 3.91. The Bertz CT molecular complexity index is 915. The lowest BCUT2D eigenvalue weighted by Crippen LogP contribution is -2.04. The number of rotatable bonds is 5. The fourth-order valence-corrected chi connectivity index (χ4v) is 2.14. The van der Waals surface area contributed by atoms with E-state index in [0.717, 1.165) is 11.1 Å². The zero-order valence-corrected chi connectivity index (χ0v) is 13.6. The molecule has 0 aliphatic heterocycles. The topological polar surface area (TPSA) is 103 Å². The van der Waals surface area contributed by atoms with Gasteiger partial charge < -0.3 is 10.1 Å². The summed E-state index contributed by atoms with van der Waals surface area (Å²) in [4.78, 5) is 22.9. The van der Waals surface area contributed by atoms with Crippen LogP contribution < -0.4 is 10.1 Å². The molecular weight excluding hydrogens is 322 g/mol. The lowest BCUT2D eigenvalue weighted by atomic mass is 10.1. The van der Waals surface area contributed by atoms with E-state index >= 15 is 0 Å². The van der Waals surface area contributed by atoms with E-state index in [1.54, 1.807) is 36.5 Å². The highest BCUT2D eigenvalue weighted by atomic mass is 16.6. The second kappa shape index (κ2) is 6.91. The van der Waals surface area contributed by atoms with Gasteiger partial charge in [0.25, 0.3) is 0 Å². The molecule has 0 spiro atoms. The average Bonchev–Trinajstić information content (AvgIpc) is 2.59. The van der Waals surface area contributed by atoms with Crippen molar-refractivity contribution in [2.45, 2.75) is 13.8 Å². The van der Waals surface area contributed by atoms with Gasteiger partial charge in [-0.1, -0.05) is 12.1 Å². The van der Waals surface area contributed by atoms with Crippen molar-refractivity contribution in [3.63, 3.8) is 0 Å². The minimum Gasteiger partial charge on any atom is -0.434 e. The summed E-state index contributed by atoms with van der Waals surface area (Å²) in [7, 11) is 0. The predicted octanol–water partition coefficient (Wildman–Crippen LogP) is 3.93. The van der Waals surface area contributed by atoms with Crippen LogP contribution in [0.4, 0.5) is 17.3 Å². The van der Waals surface area contributed by atoms with Gasteiger partial charge in [-0.15, -0.1) is 0 Å². The van der Waals surface area contributed by atoms with Crippen molar-refractivity contribution in [3.8, 4) is 11.6 Å². The monoisotopic (exact) mass is 337 g/mol. The molecule has 8 heteroatoms. The lowest BCUT2D eigenvalue weighted by Gasteiger charge is -2.10. The Balaban J connectivity index is 1.97. The zero-order chi connectivity index (χ0) is 17.8. The first-order valence-corrected chi connectivity index (χ1v) is 7.47. The highest BCUT2D eigenvalue weighted by Gasteiger charge is 2.25. The van der Waals surface area contributed by atoms with Gasteiger partial charge in [0, 0.05) is 6.20 Å². The van der Waals surface area contributed by atoms with Crippen LogP contribution in [0.25, 0.3) is 0 Å². The molecule has 25 heavy (non-hydrogen) atoms. The Labute approximate surface area is 143 Å². The molecular formula is C17H15N5O3. The number of benzene rings is 1. The smallest absolute Gasteiger partial charge is 0.373 e. The number of aromatic nitrogens is 3. The van der Waals surface area contributed by atoms with Gasteiger partial charge in [-0.05, 0) is 49.2 Å². The van der Waals surface area contributed by atoms with Crippen molar-refractivity contribution in [1.29, 1.82) is 0 Å². The van der Waals surface area contributed by atoms with Crippen LogP contribution in [0.5, 0.6) is 11.6 Å². The summed E-state index contributed by atoms with van der Waals surface area (Å²) >= 11 is 0. The summed E-state index contributed by atoms with van der Waals surface area (Å²) in [5, 5.41) is 14.3. The molecule has 0 radical (unpaired) electrons. The van der Waals surface area contributed by atoms with Gasteiger partial charge in [0.15, 0.2) is 0 Å². The Hall–Kier alpha value is -3.55. The van der Waals surface area contributed by atoms with Crippen molar-refractivity contribution in [2.24, 2.45) is 0 Å². The molecule has 0 atom stereocenters. The Morgan fingerprint density at radius 2 is 1.92 bits per heavy atom. The molecule has 1 aromatic carbocycles. The van der Waals surface area contributed by atoms with Gasteiger partial charge in [0.05, 0.1) is 4.92 Å². The first-order valence-electron chi connectivity index (χ1n) is 7.47. The number of pyridine rings is 1. The summed E-state index contributed by atoms with van der Waals surface area (Å²) in [6, 6.07) is 10.6. The van der Waals surface area contributed by atoms with Crippen molar-refractivity contribution >= 4 is 17.3 Å². The van der Waals surface area contributed by atoms with Crippen molar-refractivity contribution in [3.05, 3.63) is 70.2 Å². The summed E-state index contributed by atoms with van der Waals surface area (Å²) in [5.41, 5.74) is 1.76. The number of hydrogen-bond acceptors (Lipinski definition) is 7. The predicted molar refractivity (Wildman–Crippen MR) is 92.2 cm³/mol. The maximum atomic E-state index is 11.5. The molecule has 3 rings (SSSR count). The molecule has 0 aliphatic rings. The molecule has 1 N–H and O–H groups in total. The van der Waals surface area contributed by atoms with Crippen LogP contribution in [-0.2, 0) is 0 Å². The Morgan fingerprint density at radius 1 is 1.08 bits per heavy atom. The Kier molecular flexibility index (Phi) is 4.51. The van der Waals surface area contributed by atoms with Crippen molar-refractivity contribution in [2.75, 3.05) is 5.32 Å². The maximum Gasteiger partial charge on any atom is 0.373 e. The molecule has 2 heterocycles. The van der Waals surface area contributed by atoms with Gasteiger partial charge in [-0.25, -0.2) is 9.97 Å². The second-order valence-corrected chi connectivity index (χ2v) is 5.32. The quantitative estimate of drug-likeness (QED) is 0.555. The van der Waals surface area contributed by atoms with Crippen LogP contribution >= 0.6 is 0 Å². The van der Waals surface area contributed by atoms with E-state index in [1.807, 2.05) is 19.9 Å². The number of nitro groups is 1. The molecule has 0 amide bonds. The largest absolute Gasteiger partial charge is 0.434 e. The number of anilines is 2. The van der Waals surface area contributed by atoms with Crippen LogP contribution in [0, 0.1) is 24.0 Å². The molecule has 0 saturated carbocycles. The minimum absolute atomic E-state index is 0.0116. The molecule has 0 fully saturated rings. The zero-order valence-electron chi connectivity index (χ0n) is 13.6. The maximum absolute atomic E-state index is 11.5. The van der Waals surface area contributed by atoms with E-state index in [9.17, 15) is 10.1 Å². The first kappa shape index (κ1) is 16.3. The number of nitrogens with one attached hydrogen (secondary N) is 1. The average molecular weight is 337 g/mol. The van der Waals surface area contributed by atoms with Crippen LogP contribution in [0.1, 0.15) is 11.1 Å². The highest BCUT2D eigenvalue weighted by Crippen LogP contribution is 2.35. The molecule has 126 valence electrons. The highest BCUT2D eigenvalue weighted by molar-refractivity contribution is 5.67. The molecule has 8 nitrogen and oxygen atoms in total. The van der Waals surface area contributed by atoms with E-state index in [-0.39, 0.29) is 17.4 Å². The molecule has 0 aliphatic carbocycles. The third-order valence-electron chi connectivity index (χ3n) is 3.58. The van der Waals surface area contributed by atoms with Crippen LogP contribution in [0.2, 0.25) is 0 Å². The van der Waals surface area contributed by atoms with Crippen LogP contribution in [0.15, 0.2) is 48.9 Å². The summed E-state index contributed by atoms with van der Waals surface area (Å²) in [6.07, 6.45) is 2.77. The molecule has 3 aromatic rings. The van der Waals surface area contributed by atoms with Crippen molar-refractivity contribution < 1.29 is 9.66 Å². The fourth-order valence-electron chi connectivity index (χ4n) is 2.14. The number of nitrogens with zero attached hydrogens (tertiary/aromatic N) is 4. The van der Waals surface area contributed by atoms with Gasteiger partial charge in [-0.3, -0.25) is 10.1 Å². The van der Waals surface area contributed by atoms with Crippen LogP contribution in [-0.4, -0.2) is 19.9 Å². The molecule has 0 bridgehead atoms. The fraction of sp³-hybridized carbons (Fsp3) is 0.118. The van der Waals surface area contributed by atoms with Gasteiger partial charge in [-0.2, -0.15) is 4.98 Å². The summed E-state index contributed by atoms with van der Waals surface area (Å²) < 4.78 is 5.63. The van der Waals surface area contributed by atoms with E-state index in [4.69, 9.17) is 4.74 Å².